The normalized spacial score (nSPS) is 21.7. The number of hydrogen-bond donors (Lipinski definition) is 1. The first-order chi connectivity index (χ1) is 12.6. The first-order valence-corrected chi connectivity index (χ1v) is 9.17. The number of aromatic nitrogens is 1. The van der Waals surface area contributed by atoms with Gasteiger partial charge in [0.15, 0.2) is 0 Å². The Hall–Kier alpha value is -1.99. The predicted octanol–water partition coefficient (Wildman–Crippen LogP) is 0.642. The minimum Gasteiger partial charge on any atom is -0.381 e. The molecule has 26 heavy (non-hydrogen) atoms. The van der Waals surface area contributed by atoms with Gasteiger partial charge in [-0.25, -0.2) is 0 Å². The lowest BCUT2D eigenvalue weighted by Gasteiger charge is -2.37. The number of nitrogens with one attached hydrogen (secondary N) is 1. The van der Waals surface area contributed by atoms with Crippen molar-refractivity contribution in [2.75, 3.05) is 46.6 Å². The number of carbonyl (C=O) groups excluding carboxylic acids is 2. The first-order valence-electron chi connectivity index (χ1n) is 9.17. The fourth-order valence-electron chi connectivity index (χ4n) is 4.00. The van der Waals surface area contributed by atoms with Crippen molar-refractivity contribution in [3.05, 3.63) is 30.1 Å². The van der Waals surface area contributed by atoms with Crippen molar-refractivity contribution in [3.63, 3.8) is 0 Å². The van der Waals surface area contributed by atoms with E-state index in [0.717, 1.165) is 18.5 Å². The molecule has 3 heterocycles. The Kier molecular flexibility index (Phi) is 6.21. The summed E-state index contributed by atoms with van der Waals surface area (Å²) in [4.78, 5) is 31.2. The Morgan fingerprint density at radius 1 is 1.38 bits per heavy atom. The molecule has 1 aromatic rings. The zero-order valence-corrected chi connectivity index (χ0v) is 15.3. The molecule has 0 bridgehead atoms. The van der Waals surface area contributed by atoms with Gasteiger partial charge >= 0.3 is 0 Å². The lowest BCUT2D eigenvalue weighted by atomic mass is 9.71. The lowest BCUT2D eigenvalue weighted by molar-refractivity contribution is -0.134. The number of carbonyl (C=O) groups is 2. The predicted molar refractivity (Wildman–Crippen MR) is 95.4 cm³/mol. The van der Waals surface area contributed by atoms with E-state index in [-0.39, 0.29) is 29.8 Å². The average Bonchev–Trinajstić information content (AvgIpc) is 3.02. The Bertz CT molecular complexity index is 616. The van der Waals surface area contributed by atoms with Gasteiger partial charge in [-0.3, -0.25) is 14.6 Å². The smallest absolute Gasteiger partial charge is 0.248 e. The number of pyridine rings is 1. The molecule has 0 aliphatic carbocycles. The second kappa shape index (κ2) is 8.60. The van der Waals surface area contributed by atoms with Crippen LogP contribution in [-0.4, -0.2) is 68.3 Å². The van der Waals surface area contributed by atoms with Gasteiger partial charge in [0.1, 0.15) is 6.61 Å². The maximum absolute atomic E-state index is 12.9. The summed E-state index contributed by atoms with van der Waals surface area (Å²) in [7, 11) is 1.51. The molecule has 3 rings (SSSR count). The van der Waals surface area contributed by atoms with Gasteiger partial charge in [-0.15, -0.1) is 0 Å². The Morgan fingerprint density at radius 2 is 2.19 bits per heavy atom. The van der Waals surface area contributed by atoms with Crippen LogP contribution in [0.25, 0.3) is 0 Å². The highest BCUT2D eigenvalue weighted by molar-refractivity contribution is 5.83. The van der Waals surface area contributed by atoms with Crippen molar-refractivity contribution in [2.45, 2.75) is 19.3 Å². The van der Waals surface area contributed by atoms with Crippen molar-refractivity contribution in [1.82, 2.24) is 15.2 Å². The van der Waals surface area contributed by atoms with Crippen molar-refractivity contribution >= 4 is 11.8 Å². The third-order valence-electron chi connectivity index (χ3n) is 5.48. The van der Waals surface area contributed by atoms with Gasteiger partial charge in [-0.2, -0.15) is 0 Å². The van der Waals surface area contributed by atoms with Gasteiger partial charge in [-0.1, -0.05) is 6.07 Å². The molecule has 2 saturated heterocycles. The van der Waals surface area contributed by atoms with Gasteiger partial charge in [0.2, 0.25) is 11.8 Å². The van der Waals surface area contributed by atoms with Crippen LogP contribution in [0.5, 0.6) is 0 Å². The number of hydrogen-bond acceptors (Lipinski definition) is 5. The number of amides is 2. The fourth-order valence-corrected chi connectivity index (χ4v) is 4.00. The molecule has 1 atom stereocenters. The highest BCUT2D eigenvalue weighted by Crippen LogP contribution is 2.44. The molecule has 1 spiro atoms. The molecule has 142 valence electrons. The van der Waals surface area contributed by atoms with Gasteiger partial charge in [0, 0.05) is 63.7 Å². The lowest BCUT2D eigenvalue weighted by Crippen LogP contribution is -2.44. The Balaban J connectivity index is 1.62. The maximum Gasteiger partial charge on any atom is 0.248 e. The summed E-state index contributed by atoms with van der Waals surface area (Å²) in [5, 5.41) is 3.05. The zero-order chi connectivity index (χ0) is 18.4. The van der Waals surface area contributed by atoms with E-state index in [1.807, 2.05) is 18.2 Å². The van der Waals surface area contributed by atoms with E-state index in [1.54, 1.807) is 11.1 Å². The van der Waals surface area contributed by atoms with Crippen LogP contribution >= 0.6 is 0 Å². The molecule has 0 aromatic carbocycles. The highest BCUT2D eigenvalue weighted by Gasteiger charge is 2.51. The third-order valence-corrected chi connectivity index (χ3v) is 5.48. The summed E-state index contributed by atoms with van der Waals surface area (Å²) in [6.45, 7) is 2.95. The minimum atomic E-state index is -0.198. The van der Waals surface area contributed by atoms with Crippen molar-refractivity contribution < 1.29 is 19.1 Å². The number of rotatable bonds is 6. The number of ether oxygens (including phenoxy) is 2. The SMILES string of the molecule is COCC(=O)N1CC(C(=O)NCCc2ccccn2)C2(CCOCC2)C1. The van der Waals surface area contributed by atoms with Crippen molar-refractivity contribution in [3.8, 4) is 0 Å². The van der Waals surface area contributed by atoms with Gasteiger partial charge in [0.05, 0.1) is 5.92 Å². The second-order valence-corrected chi connectivity index (χ2v) is 7.10. The van der Waals surface area contributed by atoms with E-state index in [4.69, 9.17) is 9.47 Å². The topological polar surface area (TPSA) is 80.8 Å². The van der Waals surface area contributed by atoms with Crippen molar-refractivity contribution in [2.24, 2.45) is 11.3 Å². The van der Waals surface area contributed by atoms with E-state index < -0.39 is 0 Å². The molecule has 1 unspecified atom stereocenters. The van der Waals surface area contributed by atoms with Crippen LogP contribution in [0.2, 0.25) is 0 Å². The molecule has 1 N–H and O–H groups in total. The largest absolute Gasteiger partial charge is 0.381 e. The molecule has 2 aliphatic rings. The van der Waals surface area contributed by atoms with E-state index >= 15 is 0 Å². The van der Waals surface area contributed by atoms with E-state index in [9.17, 15) is 9.59 Å². The summed E-state index contributed by atoms with van der Waals surface area (Å²) < 4.78 is 10.5. The maximum atomic E-state index is 12.9. The van der Waals surface area contributed by atoms with Crippen LogP contribution in [0.15, 0.2) is 24.4 Å². The Morgan fingerprint density at radius 3 is 2.88 bits per heavy atom. The molecule has 0 saturated carbocycles. The molecule has 2 fully saturated rings. The van der Waals surface area contributed by atoms with Gasteiger partial charge < -0.3 is 19.7 Å². The van der Waals surface area contributed by atoms with E-state index in [0.29, 0.717) is 39.3 Å². The average molecular weight is 361 g/mol. The molecule has 7 heteroatoms. The summed E-state index contributed by atoms with van der Waals surface area (Å²) in [6.07, 6.45) is 4.07. The molecular formula is C19H27N3O4. The molecule has 2 aliphatic heterocycles. The van der Waals surface area contributed by atoms with Gasteiger partial charge in [0.25, 0.3) is 0 Å². The van der Waals surface area contributed by atoms with Crippen LogP contribution < -0.4 is 5.32 Å². The monoisotopic (exact) mass is 361 g/mol. The standard InChI is InChI=1S/C19H27N3O4/c1-25-13-17(23)22-12-16(19(14-22)6-10-26-11-7-19)18(24)21-9-5-15-4-2-3-8-20-15/h2-4,8,16H,5-7,9-14H2,1H3,(H,21,24). The number of nitrogens with zero attached hydrogens (tertiary/aromatic N) is 2. The number of methoxy groups -OCH3 is 1. The molecule has 0 radical (unpaired) electrons. The van der Waals surface area contributed by atoms with Crippen LogP contribution in [0.1, 0.15) is 18.5 Å². The number of likely N-dealkylation sites (tertiary alicyclic amines) is 1. The fraction of sp³-hybridized carbons (Fsp3) is 0.632. The van der Waals surface area contributed by atoms with E-state index in [2.05, 4.69) is 10.3 Å². The summed E-state index contributed by atoms with van der Waals surface area (Å²) in [5.41, 5.74) is 0.772. The first kappa shape index (κ1) is 18.8. The van der Waals surface area contributed by atoms with Crippen LogP contribution in [-0.2, 0) is 25.5 Å². The summed E-state index contributed by atoms with van der Waals surface area (Å²) in [5.74, 6) is -0.228. The zero-order valence-electron chi connectivity index (χ0n) is 15.3. The minimum absolute atomic E-state index is 0.0237. The highest BCUT2D eigenvalue weighted by atomic mass is 16.5. The third kappa shape index (κ3) is 4.22. The second-order valence-electron chi connectivity index (χ2n) is 7.10. The quantitative estimate of drug-likeness (QED) is 0.804. The Labute approximate surface area is 154 Å². The molecule has 2 amide bonds. The molecule has 7 nitrogen and oxygen atoms in total. The summed E-state index contributed by atoms with van der Waals surface area (Å²) in [6, 6.07) is 5.77. The van der Waals surface area contributed by atoms with Gasteiger partial charge in [-0.05, 0) is 25.0 Å². The van der Waals surface area contributed by atoms with Crippen LogP contribution in [0, 0.1) is 11.3 Å². The van der Waals surface area contributed by atoms with Crippen LogP contribution in [0.4, 0.5) is 0 Å². The van der Waals surface area contributed by atoms with Crippen molar-refractivity contribution in [1.29, 1.82) is 0 Å². The molecular weight excluding hydrogens is 334 g/mol. The van der Waals surface area contributed by atoms with E-state index in [1.165, 1.54) is 7.11 Å². The summed E-state index contributed by atoms with van der Waals surface area (Å²) >= 11 is 0. The van der Waals surface area contributed by atoms with Crippen LogP contribution in [0.3, 0.4) is 0 Å². The molecule has 1 aromatic heterocycles.